The number of oxime groups is 1. The molecule has 1 N–H and O–H groups in total. The molecule has 1 aliphatic rings. The smallest absolute Gasteiger partial charge is 0.264 e. The second-order valence-electron chi connectivity index (χ2n) is 4.55. The number of hydrogen-bond acceptors (Lipinski definition) is 4. The molecule has 1 amide bonds. The molecular weight excluding hydrogens is 296 g/mol. The van der Waals surface area contributed by atoms with Crippen LogP contribution in [0.2, 0.25) is 5.02 Å². The predicted octanol–water partition coefficient (Wildman–Crippen LogP) is 2.51. The summed E-state index contributed by atoms with van der Waals surface area (Å²) in [6, 6.07) is 7.62. The molecule has 0 bridgehead atoms. The summed E-state index contributed by atoms with van der Waals surface area (Å²) in [5, 5.41) is 7.54. The van der Waals surface area contributed by atoms with Gasteiger partial charge in [-0.25, -0.2) is 0 Å². The van der Waals surface area contributed by atoms with Crippen molar-refractivity contribution in [2.45, 2.75) is 18.9 Å². The third-order valence-corrected chi connectivity index (χ3v) is 3.77. The third kappa shape index (κ3) is 4.42. The van der Waals surface area contributed by atoms with E-state index in [1.165, 1.54) is 0 Å². The van der Waals surface area contributed by atoms with E-state index in [0.29, 0.717) is 24.4 Å². The Morgan fingerprint density at radius 2 is 2.45 bits per heavy atom. The Morgan fingerprint density at radius 3 is 3.20 bits per heavy atom. The molecule has 20 heavy (non-hydrogen) atoms. The minimum Gasteiger partial charge on any atom is -0.382 e. The first-order valence-electron chi connectivity index (χ1n) is 6.41. The van der Waals surface area contributed by atoms with Crippen LogP contribution in [0.5, 0.6) is 0 Å². The molecule has 2 rings (SSSR count). The van der Waals surface area contributed by atoms with Gasteiger partial charge in [0.25, 0.3) is 5.91 Å². The van der Waals surface area contributed by atoms with Crippen molar-refractivity contribution in [3.05, 3.63) is 34.9 Å². The second kappa shape index (κ2) is 7.55. The van der Waals surface area contributed by atoms with E-state index < -0.39 is 6.10 Å². The molecule has 0 saturated heterocycles. The fraction of sp³-hybridized carbons (Fsp3) is 0.429. The number of thioether (sulfide) groups is 1. The fourth-order valence-electron chi connectivity index (χ4n) is 1.94. The number of benzene rings is 1. The van der Waals surface area contributed by atoms with Crippen LogP contribution in [-0.4, -0.2) is 36.3 Å². The molecule has 1 heterocycles. The summed E-state index contributed by atoms with van der Waals surface area (Å²) in [5.74, 6) is 0.804. The van der Waals surface area contributed by atoms with Crippen LogP contribution in [0.1, 0.15) is 12.0 Å². The normalized spacial score (nSPS) is 17.5. The van der Waals surface area contributed by atoms with E-state index in [1.54, 1.807) is 11.8 Å². The summed E-state index contributed by atoms with van der Waals surface area (Å²) < 4.78 is 0. The lowest BCUT2D eigenvalue weighted by atomic mass is 10.0. The number of carbonyl (C=O) groups excluding carboxylic acids is 1. The van der Waals surface area contributed by atoms with E-state index in [9.17, 15) is 4.79 Å². The van der Waals surface area contributed by atoms with Gasteiger partial charge in [-0.3, -0.25) is 4.79 Å². The van der Waals surface area contributed by atoms with Gasteiger partial charge in [0.2, 0.25) is 6.10 Å². The number of nitrogens with one attached hydrogen (secondary N) is 1. The van der Waals surface area contributed by atoms with E-state index in [0.717, 1.165) is 17.0 Å². The highest BCUT2D eigenvalue weighted by Crippen LogP contribution is 2.17. The van der Waals surface area contributed by atoms with Crippen LogP contribution < -0.4 is 5.32 Å². The van der Waals surface area contributed by atoms with Gasteiger partial charge in [0.05, 0.1) is 5.71 Å². The highest BCUT2D eigenvalue weighted by Gasteiger charge is 2.27. The number of rotatable bonds is 6. The van der Waals surface area contributed by atoms with Gasteiger partial charge >= 0.3 is 0 Å². The average molecular weight is 313 g/mol. The summed E-state index contributed by atoms with van der Waals surface area (Å²) in [7, 11) is 0. The van der Waals surface area contributed by atoms with Gasteiger partial charge < -0.3 is 10.2 Å². The van der Waals surface area contributed by atoms with Crippen LogP contribution in [0, 0.1) is 0 Å². The molecular formula is C14H17ClN2O2S. The van der Waals surface area contributed by atoms with Crippen molar-refractivity contribution >= 4 is 35.0 Å². The Kier molecular flexibility index (Phi) is 5.73. The molecule has 0 unspecified atom stereocenters. The van der Waals surface area contributed by atoms with Gasteiger partial charge in [0.1, 0.15) is 0 Å². The molecule has 0 aliphatic carbocycles. The molecule has 4 nitrogen and oxygen atoms in total. The summed E-state index contributed by atoms with van der Waals surface area (Å²) >= 11 is 7.64. The van der Waals surface area contributed by atoms with E-state index in [2.05, 4.69) is 10.5 Å². The van der Waals surface area contributed by atoms with Crippen molar-refractivity contribution in [1.29, 1.82) is 0 Å². The van der Waals surface area contributed by atoms with Gasteiger partial charge in [-0.1, -0.05) is 28.9 Å². The Bertz CT molecular complexity index is 508. The summed E-state index contributed by atoms with van der Waals surface area (Å²) in [4.78, 5) is 17.0. The van der Waals surface area contributed by atoms with Gasteiger partial charge in [-0.05, 0) is 24.0 Å². The molecule has 1 aromatic rings. The van der Waals surface area contributed by atoms with Crippen molar-refractivity contribution in [2.24, 2.45) is 5.16 Å². The largest absolute Gasteiger partial charge is 0.382 e. The molecule has 0 spiro atoms. The molecule has 0 fully saturated rings. The second-order valence-corrected chi connectivity index (χ2v) is 5.97. The molecule has 0 saturated carbocycles. The lowest BCUT2D eigenvalue weighted by molar-refractivity contribution is -0.131. The molecule has 1 aromatic carbocycles. The van der Waals surface area contributed by atoms with Crippen molar-refractivity contribution in [1.82, 2.24) is 5.32 Å². The van der Waals surface area contributed by atoms with E-state index in [-0.39, 0.29) is 5.91 Å². The van der Waals surface area contributed by atoms with Gasteiger partial charge in [-0.2, -0.15) is 11.8 Å². The van der Waals surface area contributed by atoms with Crippen LogP contribution in [-0.2, 0) is 16.1 Å². The fourth-order valence-corrected chi connectivity index (χ4v) is 2.46. The zero-order chi connectivity index (χ0) is 14.4. The molecule has 1 atom stereocenters. The lowest BCUT2D eigenvalue weighted by Gasteiger charge is -2.08. The summed E-state index contributed by atoms with van der Waals surface area (Å²) in [5.41, 5.74) is 1.94. The maximum Gasteiger partial charge on any atom is 0.264 e. The summed E-state index contributed by atoms with van der Waals surface area (Å²) in [6.45, 7) is 0.656. The molecule has 0 radical (unpaired) electrons. The predicted molar refractivity (Wildman–Crippen MR) is 83.5 cm³/mol. The van der Waals surface area contributed by atoms with E-state index >= 15 is 0 Å². The standard InChI is InChI=1S/C14H17ClN2O2S/c1-20-6-5-16-14(18)13-9-12(17-19-13)8-10-3-2-4-11(15)7-10/h2-4,7,13H,5-6,8-9H2,1H3,(H,16,18)/t13-/m0/s1. The zero-order valence-electron chi connectivity index (χ0n) is 11.3. The van der Waals surface area contributed by atoms with E-state index in [4.69, 9.17) is 16.4 Å². The van der Waals surface area contributed by atoms with Crippen LogP contribution in [0.4, 0.5) is 0 Å². The SMILES string of the molecule is CSCCNC(=O)[C@@H]1CC(Cc2cccc(Cl)c2)=NO1. The molecule has 6 heteroatoms. The number of amides is 1. The Hall–Kier alpha value is -1.20. The molecule has 108 valence electrons. The Labute approximate surface area is 127 Å². The third-order valence-electron chi connectivity index (χ3n) is 2.93. The first kappa shape index (κ1) is 15.2. The van der Waals surface area contributed by atoms with Gasteiger partial charge in [0.15, 0.2) is 0 Å². The minimum atomic E-state index is -0.494. The Balaban J connectivity index is 1.81. The summed E-state index contributed by atoms with van der Waals surface area (Å²) in [6.07, 6.45) is 2.71. The Morgan fingerprint density at radius 1 is 1.60 bits per heavy atom. The van der Waals surface area contributed by atoms with Crippen LogP contribution in [0.15, 0.2) is 29.4 Å². The first-order chi connectivity index (χ1) is 9.69. The van der Waals surface area contributed by atoms with Crippen LogP contribution in [0.25, 0.3) is 0 Å². The maximum absolute atomic E-state index is 11.8. The number of halogens is 1. The molecule has 0 aromatic heterocycles. The van der Waals surface area contributed by atoms with Crippen molar-refractivity contribution in [2.75, 3.05) is 18.6 Å². The van der Waals surface area contributed by atoms with Crippen LogP contribution >= 0.6 is 23.4 Å². The van der Waals surface area contributed by atoms with Crippen molar-refractivity contribution in [3.8, 4) is 0 Å². The van der Waals surface area contributed by atoms with Crippen LogP contribution in [0.3, 0.4) is 0 Å². The van der Waals surface area contributed by atoms with Gasteiger partial charge in [0, 0.05) is 30.2 Å². The molecule has 1 aliphatic heterocycles. The first-order valence-corrected chi connectivity index (χ1v) is 8.19. The van der Waals surface area contributed by atoms with Gasteiger partial charge in [-0.15, -0.1) is 0 Å². The number of hydrogen-bond donors (Lipinski definition) is 1. The zero-order valence-corrected chi connectivity index (χ0v) is 12.8. The highest BCUT2D eigenvalue weighted by atomic mass is 35.5. The van der Waals surface area contributed by atoms with E-state index in [1.807, 2.05) is 30.5 Å². The minimum absolute atomic E-state index is 0.0936. The number of nitrogens with zero attached hydrogens (tertiary/aromatic N) is 1. The monoisotopic (exact) mass is 312 g/mol. The quantitative estimate of drug-likeness (QED) is 0.821. The lowest BCUT2D eigenvalue weighted by Crippen LogP contribution is -2.36. The highest BCUT2D eigenvalue weighted by molar-refractivity contribution is 7.98. The average Bonchev–Trinajstić information content (AvgIpc) is 2.87. The van der Waals surface area contributed by atoms with Crippen molar-refractivity contribution < 1.29 is 9.63 Å². The van der Waals surface area contributed by atoms with Crippen molar-refractivity contribution in [3.63, 3.8) is 0 Å². The topological polar surface area (TPSA) is 50.7 Å². The number of carbonyl (C=O) groups is 1. The maximum atomic E-state index is 11.8.